The van der Waals surface area contributed by atoms with Crippen LogP contribution >= 0.6 is 0 Å². The molecule has 3 N–H and O–H groups in total. The number of urea groups is 1. The van der Waals surface area contributed by atoms with Gasteiger partial charge < -0.3 is 15.7 Å². The largest absolute Gasteiger partial charge is 0.481 e. The second kappa shape index (κ2) is 9.21. The summed E-state index contributed by atoms with van der Waals surface area (Å²) < 4.78 is 0. The van der Waals surface area contributed by atoms with Gasteiger partial charge in [0.2, 0.25) is 0 Å². The molecule has 5 nitrogen and oxygen atoms in total. The second-order valence-corrected chi connectivity index (χ2v) is 7.22. The van der Waals surface area contributed by atoms with Crippen LogP contribution < -0.4 is 10.6 Å². The fourth-order valence-corrected chi connectivity index (χ4v) is 3.77. The molecule has 0 saturated heterocycles. The first-order valence-corrected chi connectivity index (χ1v) is 9.55. The van der Waals surface area contributed by atoms with Crippen LogP contribution in [0.1, 0.15) is 50.0 Å². The number of benzene rings is 2. The lowest BCUT2D eigenvalue weighted by Crippen LogP contribution is -2.19. The van der Waals surface area contributed by atoms with Crippen LogP contribution in [0.3, 0.4) is 0 Å². The summed E-state index contributed by atoms with van der Waals surface area (Å²) in [6, 6.07) is 17.1. The van der Waals surface area contributed by atoms with Crippen LogP contribution in [0.4, 0.5) is 16.2 Å². The number of carbonyl (C=O) groups excluding carboxylic acids is 1. The third-order valence-corrected chi connectivity index (χ3v) is 5.28. The third kappa shape index (κ3) is 5.84. The Morgan fingerprint density at radius 2 is 1.44 bits per heavy atom. The van der Waals surface area contributed by atoms with Crippen LogP contribution in [-0.4, -0.2) is 17.1 Å². The predicted octanol–water partition coefficient (Wildman–Crippen LogP) is 5.47. The van der Waals surface area contributed by atoms with Gasteiger partial charge in [0.1, 0.15) is 0 Å². The van der Waals surface area contributed by atoms with E-state index in [1.54, 1.807) is 0 Å². The zero-order valence-corrected chi connectivity index (χ0v) is 15.4. The minimum Gasteiger partial charge on any atom is -0.481 e. The van der Waals surface area contributed by atoms with Crippen LogP contribution in [0.2, 0.25) is 0 Å². The molecular weight excluding hydrogens is 340 g/mol. The van der Waals surface area contributed by atoms with E-state index in [9.17, 15) is 9.59 Å². The van der Waals surface area contributed by atoms with Crippen molar-refractivity contribution in [2.24, 2.45) is 5.92 Å². The summed E-state index contributed by atoms with van der Waals surface area (Å²) in [5, 5.41) is 14.5. The van der Waals surface area contributed by atoms with E-state index in [0.717, 1.165) is 43.5 Å². The number of hydrogen-bond donors (Lipinski definition) is 3. The molecule has 27 heavy (non-hydrogen) atoms. The molecule has 142 valence electrons. The van der Waals surface area contributed by atoms with Crippen LogP contribution in [0.25, 0.3) is 0 Å². The third-order valence-electron chi connectivity index (χ3n) is 5.28. The average Bonchev–Trinajstić information content (AvgIpc) is 2.68. The summed E-state index contributed by atoms with van der Waals surface area (Å²) in [5.74, 6) is 0.370. The van der Waals surface area contributed by atoms with E-state index in [1.807, 2.05) is 42.5 Å². The Labute approximate surface area is 159 Å². The first-order valence-electron chi connectivity index (χ1n) is 9.55. The minimum absolute atomic E-state index is 0.257. The van der Waals surface area contributed by atoms with Crippen molar-refractivity contribution in [1.82, 2.24) is 0 Å². The maximum absolute atomic E-state index is 12.1. The highest BCUT2D eigenvalue weighted by atomic mass is 16.4. The first kappa shape index (κ1) is 19.0. The number of para-hydroxylation sites is 1. The van der Waals surface area contributed by atoms with Gasteiger partial charge in [-0.1, -0.05) is 30.3 Å². The van der Waals surface area contributed by atoms with Crippen molar-refractivity contribution in [3.8, 4) is 0 Å². The lowest BCUT2D eigenvalue weighted by molar-refractivity contribution is -0.137. The maximum Gasteiger partial charge on any atom is 0.323 e. The fraction of sp³-hybridized carbons (Fsp3) is 0.364. The van der Waals surface area contributed by atoms with Gasteiger partial charge in [-0.2, -0.15) is 0 Å². The van der Waals surface area contributed by atoms with Crippen molar-refractivity contribution in [2.75, 3.05) is 10.6 Å². The predicted molar refractivity (Wildman–Crippen MR) is 107 cm³/mol. The summed E-state index contributed by atoms with van der Waals surface area (Å²) in [6.45, 7) is 0. The average molecular weight is 366 g/mol. The molecule has 0 bridgehead atoms. The molecular formula is C22H26N2O3. The topological polar surface area (TPSA) is 78.4 Å². The molecule has 5 heteroatoms. The highest BCUT2D eigenvalue weighted by Crippen LogP contribution is 2.37. The molecule has 1 saturated carbocycles. The first-order chi connectivity index (χ1) is 13.1. The van der Waals surface area contributed by atoms with Crippen molar-refractivity contribution in [3.63, 3.8) is 0 Å². The number of hydrogen-bond acceptors (Lipinski definition) is 2. The van der Waals surface area contributed by atoms with Gasteiger partial charge in [0, 0.05) is 17.8 Å². The number of amides is 2. The molecule has 3 rings (SSSR count). The van der Waals surface area contributed by atoms with E-state index in [2.05, 4.69) is 22.8 Å². The molecule has 0 radical (unpaired) electrons. The Balaban J connectivity index is 1.47. The summed E-state index contributed by atoms with van der Waals surface area (Å²) in [7, 11) is 0. The molecule has 0 aliphatic heterocycles. The number of anilines is 2. The van der Waals surface area contributed by atoms with E-state index in [1.165, 1.54) is 5.56 Å². The molecule has 0 heterocycles. The smallest absolute Gasteiger partial charge is 0.323 e. The summed E-state index contributed by atoms with van der Waals surface area (Å²) in [6.07, 6.45) is 5.47. The highest BCUT2D eigenvalue weighted by molar-refractivity contribution is 5.99. The van der Waals surface area contributed by atoms with Gasteiger partial charge in [-0.3, -0.25) is 4.79 Å². The Morgan fingerprint density at radius 3 is 2.04 bits per heavy atom. The van der Waals surface area contributed by atoms with Gasteiger partial charge in [-0.25, -0.2) is 4.79 Å². The van der Waals surface area contributed by atoms with Crippen molar-refractivity contribution < 1.29 is 14.7 Å². The quantitative estimate of drug-likeness (QED) is 0.634. The van der Waals surface area contributed by atoms with Crippen LogP contribution in [0, 0.1) is 5.92 Å². The van der Waals surface area contributed by atoms with Gasteiger partial charge in [0.25, 0.3) is 0 Å². The Bertz CT molecular complexity index is 751. The summed E-state index contributed by atoms with van der Waals surface area (Å²) >= 11 is 0. The van der Waals surface area contributed by atoms with E-state index >= 15 is 0 Å². The van der Waals surface area contributed by atoms with Crippen molar-refractivity contribution >= 4 is 23.4 Å². The Morgan fingerprint density at radius 1 is 0.852 bits per heavy atom. The van der Waals surface area contributed by atoms with Gasteiger partial charge in [0.15, 0.2) is 0 Å². The summed E-state index contributed by atoms with van der Waals surface area (Å²) in [4.78, 5) is 22.8. The SMILES string of the molecule is O=C(O)CC[C@H]1CC[C@@H](c2ccc(NC(=O)Nc3ccccc3)cc2)CC1. The number of rotatable bonds is 6. The Kier molecular flexibility index (Phi) is 6.47. The van der Waals surface area contributed by atoms with Crippen LogP contribution in [0.5, 0.6) is 0 Å². The molecule has 1 aliphatic carbocycles. The lowest BCUT2D eigenvalue weighted by Gasteiger charge is -2.28. The van der Waals surface area contributed by atoms with Crippen molar-refractivity contribution in [1.29, 1.82) is 0 Å². The molecule has 2 aromatic rings. The van der Waals surface area contributed by atoms with Gasteiger partial charge in [0.05, 0.1) is 0 Å². The molecule has 0 atom stereocenters. The number of nitrogens with one attached hydrogen (secondary N) is 2. The van der Waals surface area contributed by atoms with E-state index < -0.39 is 5.97 Å². The number of carboxylic acid groups (broad SMARTS) is 1. The zero-order chi connectivity index (χ0) is 19.1. The zero-order valence-electron chi connectivity index (χ0n) is 15.4. The lowest BCUT2D eigenvalue weighted by atomic mass is 9.77. The minimum atomic E-state index is -0.698. The summed E-state index contributed by atoms with van der Waals surface area (Å²) in [5.41, 5.74) is 2.81. The molecule has 2 amide bonds. The van der Waals surface area contributed by atoms with E-state index in [0.29, 0.717) is 11.8 Å². The molecule has 1 aliphatic rings. The van der Waals surface area contributed by atoms with Gasteiger partial charge in [-0.15, -0.1) is 0 Å². The Hall–Kier alpha value is -2.82. The molecule has 0 unspecified atom stereocenters. The van der Waals surface area contributed by atoms with Crippen molar-refractivity contribution in [2.45, 2.75) is 44.4 Å². The monoisotopic (exact) mass is 366 g/mol. The number of carboxylic acids is 1. The molecule has 1 fully saturated rings. The maximum atomic E-state index is 12.1. The normalized spacial score (nSPS) is 19.3. The second-order valence-electron chi connectivity index (χ2n) is 7.22. The number of aliphatic carboxylic acids is 1. The fourth-order valence-electron chi connectivity index (χ4n) is 3.77. The molecule has 2 aromatic carbocycles. The van der Waals surface area contributed by atoms with Gasteiger partial charge >= 0.3 is 12.0 Å². The van der Waals surface area contributed by atoms with Crippen LogP contribution in [-0.2, 0) is 4.79 Å². The molecule has 0 aromatic heterocycles. The van der Waals surface area contributed by atoms with Crippen molar-refractivity contribution in [3.05, 3.63) is 60.2 Å². The molecule has 0 spiro atoms. The van der Waals surface area contributed by atoms with E-state index in [-0.39, 0.29) is 12.5 Å². The van der Waals surface area contributed by atoms with E-state index in [4.69, 9.17) is 5.11 Å². The standard InChI is InChI=1S/C22H26N2O3/c25-21(26)15-8-16-6-9-17(10-7-16)18-11-13-20(14-12-18)24-22(27)23-19-4-2-1-3-5-19/h1-5,11-14,16-17H,6-10,15H2,(H,25,26)(H2,23,24,27)/t16-,17+. The highest BCUT2D eigenvalue weighted by Gasteiger charge is 2.22. The van der Waals surface area contributed by atoms with Crippen LogP contribution in [0.15, 0.2) is 54.6 Å². The number of carbonyl (C=O) groups is 2. The van der Waals surface area contributed by atoms with Gasteiger partial charge in [-0.05, 0) is 73.8 Å².